The minimum Gasteiger partial charge on any atom is -0.371 e. The Bertz CT molecular complexity index is 443. The van der Waals surface area contributed by atoms with Crippen molar-refractivity contribution < 1.29 is 0 Å². The van der Waals surface area contributed by atoms with Crippen LogP contribution in [0, 0.1) is 5.41 Å². The molecule has 0 bridgehead atoms. The molecular weight excluding hydrogens is 312 g/mol. The van der Waals surface area contributed by atoms with Crippen molar-refractivity contribution in [3.05, 3.63) is 28.2 Å². The highest BCUT2D eigenvalue weighted by atomic mass is 79.9. The van der Waals surface area contributed by atoms with Gasteiger partial charge in [0.25, 0.3) is 0 Å². The average molecular weight is 339 g/mol. The van der Waals surface area contributed by atoms with Crippen LogP contribution in [0.15, 0.2) is 22.7 Å². The molecule has 1 aromatic rings. The fraction of sp³-hybridized carbons (Fsp3) is 0.647. The molecule has 20 heavy (non-hydrogen) atoms. The maximum absolute atomic E-state index is 3.73. The Morgan fingerprint density at radius 2 is 2.15 bits per heavy atom. The number of halogens is 1. The summed E-state index contributed by atoms with van der Waals surface area (Å²) in [7, 11) is 0. The summed E-state index contributed by atoms with van der Waals surface area (Å²) in [6.07, 6.45) is 3.81. The first-order chi connectivity index (χ1) is 9.52. The second-order valence-corrected chi connectivity index (χ2v) is 7.50. The Hall–Kier alpha value is -0.540. The molecule has 0 radical (unpaired) electrons. The lowest BCUT2D eigenvalue weighted by molar-refractivity contribution is 0.293. The van der Waals surface area contributed by atoms with Crippen LogP contribution in [0.4, 0.5) is 5.69 Å². The van der Waals surface area contributed by atoms with E-state index in [1.165, 1.54) is 41.5 Å². The topological polar surface area (TPSA) is 15.3 Å². The molecule has 112 valence electrons. The number of benzene rings is 1. The molecule has 1 saturated heterocycles. The molecule has 1 aromatic carbocycles. The van der Waals surface area contributed by atoms with E-state index in [-0.39, 0.29) is 0 Å². The molecular formula is C17H27BrN2. The van der Waals surface area contributed by atoms with Crippen molar-refractivity contribution >= 4 is 21.6 Å². The summed E-state index contributed by atoms with van der Waals surface area (Å²) in [5.41, 5.74) is 3.13. The van der Waals surface area contributed by atoms with E-state index in [1.807, 2.05) is 0 Å². The Morgan fingerprint density at radius 3 is 2.80 bits per heavy atom. The van der Waals surface area contributed by atoms with Crippen LogP contribution in [-0.4, -0.2) is 19.6 Å². The molecule has 0 aromatic heterocycles. The minimum absolute atomic E-state index is 0.437. The van der Waals surface area contributed by atoms with Crippen LogP contribution in [-0.2, 0) is 6.54 Å². The van der Waals surface area contributed by atoms with Gasteiger partial charge in [-0.15, -0.1) is 0 Å². The van der Waals surface area contributed by atoms with E-state index >= 15 is 0 Å². The van der Waals surface area contributed by atoms with Gasteiger partial charge in [-0.2, -0.15) is 0 Å². The molecule has 2 nitrogen and oxygen atoms in total. The molecule has 3 heteroatoms. The van der Waals surface area contributed by atoms with E-state index in [0.29, 0.717) is 5.41 Å². The zero-order valence-corrected chi connectivity index (χ0v) is 14.6. The maximum atomic E-state index is 3.73. The SMILES string of the molecule is CCCNCc1ccc(N2CCCC(C)(C)C2)cc1Br. The van der Waals surface area contributed by atoms with Gasteiger partial charge in [0, 0.05) is 29.8 Å². The Balaban J connectivity index is 2.04. The van der Waals surface area contributed by atoms with Crippen molar-refractivity contribution in [3.8, 4) is 0 Å². The van der Waals surface area contributed by atoms with Crippen molar-refractivity contribution in [3.63, 3.8) is 0 Å². The Labute approximate surface area is 132 Å². The molecule has 1 aliphatic rings. The minimum atomic E-state index is 0.437. The van der Waals surface area contributed by atoms with Gasteiger partial charge in [0.2, 0.25) is 0 Å². The van der Waals surface area contributed by atoms with E-state index in [4.69, 9.17) is 0 Å². The van der Waals surface area contributed by atoms with Gasteiger partial charge in [0.15, 0.2) is 0 Å². The van der Waals surface area contributed by atoms with Gasteiger partial charge < -0.3 is 10.2 Å². The van der Waals surface area contributed by atoms with Crippen LogP contribution in [0.3, 0.4) is 0 Å². The monoisotopic (exact) mass is 338 g/mol. The molecule has 2 rings (SSSR count). The molecule has 0 unspecified atom stereocenters. The summed E-state index contributed by atoms with van der Waals surface area (Å²) in [5, 5.41) is 3.46. The molecule has 1 aliphatic heterocycles. The summed E-state index contributed by atoms with van der Waals surface area (Å²) in [5.74, 6) is 0. The van der Waals surface area contributed by atoms with Gasteiger partial charge in [0.1, 0.15) is 0 Å². The van der Waals surface area contributed by atoms with Crippen LogP contribution in [0.1, 0.15) is 45.6 Å². The molecule has 1 heterocycles. The lowest BCUT2D eigenvalue weighted by Gasteiger charge is -2.39. The second-order valence-electron chi connectivity index (χ2n) is 6.64. The van der Waals surface area contributed by atoms with E-state index in [9.17, 15) is 0 Å². The van der Waals surface area contributed by atoms with Gasteiger partial charge in [-0.1, -0.05) is 42.8 Å². The lowest BCUT2D eigenvalue weighted by atomic mass is 9.84. The predicted octanol–water partition coefficient (Wildman–Crippen LogP) is 4.58. The smallest absolute Gasteiger partial charge is 0.0377 e. The van der Waals surface area contributed by atoms with Gasteiger partial charge in [-0.25, -0.2) is 0 Å². The number of hydrogen-bond donors (Lipinski definition) is 1. The predicted molar refractivity (Wildman–Crippen MR) is 91.4 cm³/mol. The Morgan fingerprint density at radius 1 is 1.35 bits per heavy atom. The van der Waals surface area contributed by atoms with Gasteiger partial charge in [0.05, 0.1) is 0 Å². The largest absolute Gasteiger partial charge is 0.371 e. The zero-order chi connectivity index (χ0) is 14.6. The van der Waals surface area contributed by atoms with Crippen molar-refractivity contribution in [1.82, 2.24) is 5.32 Å². The van der Waals surface area contributed by atoms with Crippen molar-refractivity contribution in [2.24, 2.45) is 5.41 Å². The highest BCUT2D eigenvalue weighted by molar-refractivity contribution is 9.10. The van der Waals surface area contributed by atoms with Gasteiger partial charge >= 0.3 is 0 Å². The summed E-state index contributed by atoms with van der Waals surface area (Å²) < 4.78 is 1.22. The summed E-state index contributed by atoms with van der Waals surface area (Å²) in [6.45, 7) is 11.3. The standard InChI is InChI=1S/C17H27BrN2/c1-4-9-19-12-14-6-7-15(11-16(14)18)20-10-5-8-17(2,3)13-20/h6-7,11,19H,4-5,8-10,12-13H2,1-3H3. The molecule has 0 spiro atoms. The Kier molecular flexibility index (Phi) is 5.50. The number of nitrogens with zero attached hydrogens (tertiary/aromatic N) is 1. The summed E-state index contributed by atoms with van der Waals surface area (Å²) in [6, 6.07) is 6.81. The third kappa shape index (κ3) is 4.23. The molecule has 0 atom stereocenters. The van der Waals surface area contributed by atoms with Crippen LogP contribution in [0.5, 0.6) is 0 Å². The first kappa shape index (κ1) is 15.8. The third-order valence-corrected chi connectivity index (χ3v) is 4.78. The zero-order valence-electron chi connectivity index (χ0n) is 13.0. The van der Waals surface area contributed by atoms with Crippen molar-refractivity contribution in [2.45, 2.75) is 46.6 Å². The number of hydrogen-bond acceptors (Lipinski definition) is 2. The van der Waals surface area contributed by atoms with E-state index in [2.05, 4.69) is 65.1 Å². The van der Waals surface area contributed by atoms with E-state index < -0.39 is 0 Å². The van der Waals surface area contributed by atoms with E-state index in [0.717, 1.165) is 19.6 Å². The number of anilines is 1. The van der Waals surface area contributed by atoms with Gasteiger partial charge in [-0.05, 0) is 48.9 Å². The van der Waals surface area contributed by atoms with Crippen LogP contribution >= 0.6 is 15.9 Å². The quantitative estimate of drug-likeness (QED) is 0.790. The molecule has 1 N–H and O–H groups in total. The fourth-order valence-electron chi connectivity index (χ4n) is 2.92. The third-order valence-electron chi connectivity index (χ3n) is 4.04. The summed E-state index contributed by atoms with van der Waals surface area (Å²) in [4.78, 5) is 2.53. The molecule has 0 aliphatic carbocycles. The fourth-order valence-corrected chi connectivity index (χ4v) is 3.43. The van der Waals surface area contributed by atoms with E-state index in [1.54, 1.807) is 0 Å². The molecule has 0 saturated carbocycles. The lowest BCUT2D eigenvalue weighted by Crippen LogP contribution is -2.40. The molecule has 1 fully saturated rings. The first-order valence-corrected chi connectivity index (χ1v) is 8.55. The number of nitrogens with one attached hydrogen (secondary N) is 1. The maximum Gasteiger partial charge on any atom is 0.0377 e. The van der Waals surface area contributed by atoms with Gasteiger partial charge in [-0.3, -0.25) is 0 Å². The van der Waals surface area contributed by atoms with Crippen molar-refractivity contribution in [1.29, 1.82) is 0 Å². The first-order valence-electron chi connectivity index (χ1n) is 7.76. The number of rotatable bonds is 5. The normalized spacial score (nSPS) is 18.3. The van der Waals surface area contributed by atoms with Crippen LogP contribution < -0.4 is 10.2 Å². The average Bonchev–Trinajstić information content (AvgIpc) is 2.39. The van der Waals surface area contributed by atoms with Crippen molar-refractivity contribution in [2.75, 3.05) is 24.5 Å². The molecule has 0 amide bonds. The van der Waals surface area contributed by atoms with Crippen LogP contribution in [0.25, 0.3) is 0 Å². The number of piperidine rings is 1. The highest BCUT2D eigenvalue weighted by Crippen LogP contribution is 2.33. The highest BCUT2D eigenvalue weighted by Gasteiger charge is 2.26. The van der Waals surface area contributed by atoms with Crippen LogP contribution in [0.2, 0.25) is 0 Å². The second kappa shape index (κ2) is 6.95. The summed E-state index contributed by atoms with van der Waals surface area (Å²) >= 11 is 3.73.